The zero-order valence-electron chi connectivity index (χ0n) is 5.46. The summed E-state index contributed by atoms with van der Waals surface area (Å²) < 4.78 is 4.95. The van der Waals surface area contributed by atoms with E-state index >= 15 is 0 Å². The second-order valence-corrected chi connectivity index (χ2v) is 2.13. The van der Waals surface area contributed by atoms with Gasteiger partial charge in [-0.1, -0.05) is 6.07 Å². The molecule has 1 N–H and O–H groups in total. The van der Waals surface area contributed by atoms with Gasteiger partial charge < -0.3 is 4.18 Å². The number of rotatable bonds is 2. The summed E-state index contributed by atoms with van der Waals surface area (Å²) in [6.07, 6.45) is 1.78. The second kappa shape index (κ2) is 3.31. The Hall–Kier alpha value is -0.900. The fraction of sp³-hybridized carbons (Fsp3) is 0.167. The Morgan fingerprint density at radius 1 is 1.60 bits per heavy atom. The monoisotopic (exact) mass is 157 g/mol. The molecular formula is C6H7NO2S. The molecule has 0 atom stereocenters. The van der Waals surface area contributed by atoms with Crippen LogP contribution in [0.3, 0.4) is 0 Å². The van der Waals surface area contributed by atoms with E-state index in [0.29, 0.717) is 5.88 Å². The van der Waals surface area contributed by atoms with Crippen LogP contribution in [0, 0.1) is 0 Å². The third kappa shape index (κ3) is 1.80. The van der Waals surface area contributed by atoms with Crippen LogP contribution in [0.2, 0.25) is 0 Å². The lowest BCUT2D eigenvalue weighted by molar-refractivity contribution is 0.617. The van der Waals surface area contributed by atoms with Crippen LogP contribution in [-0.4, -0.2) is 11.2 Å². The standard InChI is InChI=1S/C6H7NO2S/c1-10-9-6-4-2-3-5(8)7-6/h2-4H,1H3,(H,7,8). The fourth-order valence-corrected chi connectivity index (χ4v) is 0.843. The molecule has 0 aromatic carbocycles. The molecule has 1 aromatic rings. The average Bonchev–Trinajstić information content (AvgIpc) is 1.88. The average molecular weight is 157 g/mol. The van der Waals surface area contributed by atoms with Crippen molar-refractivity contribution in [3.8, 4) is 5.88 Å². The summed E-state index contributed by atoms with van der Waals surface area (Å²) >= 11 is 1.19. The summed E-state index contributed by atoms with van der Waals surface area (Å²) in [6, 6.07) is 4.77. The first-order chi connectivity index (χ1) is 4.83. The van der Waals surface area contributed by atoms with Crippen LogP contribution in [0.15, 0.2) is 23.0 Å². The van der Waals surface area contributed by atoms with Gasteiger partial charge >= 0.3 is 0 Å². The first kappa shape index (κ1) is 7.21. The third-order valence-corrected chi connectivity index (χ3v) is 1.26. The van der Waals surface area contributed by atoms with Crippen molar-refractivity contribution in [2.75, 3.05) is 6.26 Å². The van der Waals surface area contributed by atoms with Crippen LogP contribution in [0.25, 0.3) is 0 Å². The van der Waals surface area contributed by atoms with Crippen molar-refractivity contribution >= 4 is 12.0 Å². The Bertz CT molecular complexity index is 258. The van der Waals surface area contributed by atoms with E-state index in [4.69, 9.17) is 4.18 Å². The lowest BCUT2D eigenvalue weighted by atomic mass is 10.5. The number of hydrogen-bond acceptors (Lipinski definition) is 3. The fourth-order valence-electron chi connectivity index (χ4n) is 0.566. The predicted molar refractivity (Wildman–Crippen MR) is 41.2 cm³/mol. The van der Waals surface area contributed by atoms with E-state index in [1.807, 2.05) is 0 Å². The molecule has 4 heteroatoms. The Kier molecular flexibility index (Phi) is 2.39. The maximum Gasteiger partial charge on any atom is 0.250 e. The molecule has 0 bridgehead atoms. The number of hydrogen-bond donors (Lipinski definition) is 1. The molecule has 0 aliphatic rings. The van der Waals surface area contributed by atoms with Crippen LogP contribution in [0.5, 0.6) is 5.88 Å². The first-order valence-electron chi connectivity index (χ1n) is 2.73. The summed E-state index contributed by atoms with van der Waals surface area (Å²) in [5.41, 5.74) is -0.147. The molecule has 0 aliphatic heterocycles. The van der Waals surface area contributed by atoms with Gasteiger partial charge in [-0.3, -0.25) is 9.78 Å². The number of H-pyrrole nitrogens is 1. The van der Waals surface area contributed by atoms with Gasteiger partial charge in [-0.25, -0.2) is 0 Å². The Balaban J connectivity index is 2.85. The molecule has 0 saturated carbocycles. The lowest BCUT2D eigenvalue weighted by Gasteiger charge is -1.96. The molecule has 1 heterocycles. The van der Waals surface area contributed by atoms with Crippen LogP contribution in [0.4, 0.5) is 0 Å². The van der Waals surface area contributed by atoms with Crippen LogP contribution >= 0.6 is 12.0 Å². The maximum atomic E-state index is 10.6. The highest BCUT2D eigenvalue weighted by atomic mass is 32.2. The van der Waals surface area contributed by atoms with Gasteiger partial charge in [-0.05, 0) is 6.07 Å². The zero-order chi connectivity index (χ0) is 7.40. The molecule has 0 fully saturated rings. The molecule has 54 valence electrons. The molecular weight excluding hydrogens is 150 g/mol. The van der Waals surface area contributed by atoms with Gasteiger partial charge in [0.15, 0.2) is 0 Å². The molecule has 0 spiro atoms. The van der Waals surface area contributed by atoms with Crippen LogP contribution in [-0.2, 0) is 0 Å². The molecule has 0 unspecified atom stereocenters. The van der Waals surface area contributed by atoms with Gasteiger partial charge in [-0.2, -0.15) is 0 Å². The number of aromatic nitrogens is 1. The Labute approximate surface area is 62.6 Å². The van der Waals surface area contributed by atoms with E-state index in [1.165, 1.54) is 18.1 Å². The van der Waals surface area contributed by atoms with Crippen molar-refractivity contribution < 1.29 is 4.18 Å². The largest absolute Gasteiger partial charge is 0.408 e. The second-order valence-electron chi connectivity index (χ2n) is 1.63. The smallest absolute Gasteiger partial charge is 0.250 e. The molecule has 0 aliphatic carbocycles. The van der Waals surface area contributed by atoms with E-state index < -0.39 is 0 Å². The molecule has 10 heavy (non-hydrogen) atoms. The highest BCUT2D eigenvalue weighted by molar-refractivity contribution is 7.94. The van der Waals surface area contributed by atoms with Crippen molar-refractivity contribution in [3.63, 3.8) is 0 Å². The van der Waals surface area contributed by atoms with Crippen molar-refractivity contribution in [1.82, 2.24) is 4.98 Å². The summed E-state index contributed by atoms with van der Waals surface area (Å²) in [4.78, 5) is 13.1. The molecule has 3 nitrogen and oxygen atoms in total. The van der Waals surface area contributed by atoms with Crippen molar-refractivity contribution in [2.24, 2.45) is 0 Å². The maximum absolute atomic E-state index is 10.6. The van der Waals surface area contributed by atoms with Gasteiger partial charge in [0.05, 0.1) is 12.0 Å². The highest BCUT2D eigenvalue weighted by Crippen LogP contribution is 2.06. The van der Waals surface area contributed by atoms with E-state index in [-0.39, 0.29) is 5.56 Å². The quantitative estimate of drug-likeness (QED) is 0.652. The predicted octanol–water partition coefficient (Wildman–Crippen LogP) is 1.03. The lowest BCUT2D eigenvalue weighted by Crippen LogP contribution is -2.02. The zero-order valence-corrected chi connectivity index (χ0v) is 6.27. The molecule has 0 radical (unpaired) electrons. The van der Waals surface area contributed by atoms with E-state index in [1.54, 1.807) is 18.4 Å². The topological polar surface area (TPSA) is 42.1 Å². The summed E-state index contributed by atoms with van der Waals surface area (Å²) in [7, 11) is 0. The Morgan fingerprint density at radius 2 is 2.40 bits per heavy atom. The number of pyridine rings is 1. The van der Waals surface area contributed by atoms with Crippen LogP contribution in [0.1, 0.15) is 0 Å². The van der Waals surface area contributed by atoms with Gasteiger partial charge in [0.1, 0.15) is 0 Å². The summed E-state index contributed by atoms with van der Waals surface area (Å²) in [6.45, 7) is 0. The van der Waals surface area contributed by atoms with Crippen molar-refractivity contribution in [2.45, 2.75) is 0 Å². The normalized spacial score (nSPS) is 9.30. The minimum Gasteiger partial charge on any atom is -0.408 e. The number of aromatic amines is 1. The van der Waals surface area contributed by atoms with E-state index in [9.17, 15) is 4.79 Å². The highest BCUT2D eigenvalue weighted by Gasteiger charge is 1.89. The van der Waals surface area contributed by atoms with E-state index in [0.717, 1.165) is 0 Å². The minimum absolute atomic E-state index is 0.147. The molecule has 1 aromatic heterocycles. The van der Waals surface area contributed by atoms with Gasteiger partial charge in [-0.15, -0.1) is 0 Å². The van der Waals surface area contributed by atoms with Gasteiger partial charge in [0.25, 0.3) is 5.56 Å². The first-order valence-corrected chi connectivity index (χ1v) is 3.88. The van der Waals surface area contributed by atoms with Crippen molar-refractivity contribution in [1.29, 1.82) is 0 Å². The minimum atomic E-state index is -0.147. The molecule has 1 rings (SSSR count). The third-order valence-electron chi connectivity index (χ3n) is 0.915. The van der Waals surface area contributed by atoms with Gasteiger partial charge in [0.2, 0.25) is 5.88 Å². The van der Waals surface area contributed by atoms with Gasteiger partial charge in [0, 0.05) is 12.3 Å². The van der Waals surface area contributed by atoms with E-state index in [2.05, 4.69) is 4.98 Å². The SMILES string of the molecule is CSOc1cccc(=O)[nH]1. The van der Waals surface area contributed by atoms with Crippen molar-refractivity contribution in [3.05, 3.63) is 28.6 Å². The summed E-state index contributed by atoms with van der Waals surface area (Å²) in [5.74, 6) is 0.486. The summed E-state index contributed by atoms with van der Waals surface area (Å²) in [5, 5.41) is 0. The van der Waals surface area contributed by atoms with Crippen LogP contribution < -0.4 is 9.74 Å². The molecule has 0 saturated heterocycles. The molecule has 0 amide bonds. The Morgan fingerprint density at radius 3 is 3.00 bits per heavy atom. The number of nitrogens with one attached hydrogen (secondary N) is 1.